The van der Waals surface area contributed by atoms with E-state index in [1.165, 1.54) is 0 Å². The van der Waals surface area contributed by atoms with Crippen molar-refractivity contribution in [1.82, 2.24) is 5.32 Å². The lowest BCUT2D eigenvalue weighted by Crippen LogP contribution is -2.42. The molecule has 0 radical (unpaired) electrons. The molecule has 1 atom stereocenters. The van der Waals surface area contributed by atoms with Gasteiger partial charge in [-0.15, -0.1) is 0 Å². The second kappa shape index (κ2) is 6.91. The van der Waals surface area contributed by atoms with Crippen molar-refractivity contribution >= 4 is 22.0 Å². The number of alkyl carbamates (subject to hydrolysis) is 1. The van der Waals surface area contributed by atoms with Crippen LogP contribution in [0.15, 0.2) is 46.9 Å². The quantitative estimate of drug-likeness (QED) is 0.860. The molecule has 1 amide bonds. The van der Waals surface area contributed by atoms with Crippen LogP contribution in [0.3, 0.4) is 0 Å². The van der Waals surface area contributed by atoms with Gasteiger partial charge in [-0.1, -0.05) is 30.3 Å². The van der Waals surface area contributed by atoms with Crippen LogP contribution in [0.1, 0.15) is 11.1 Å². The first kappa shape index (κ1) is 15.7. The maximum atomic E-state index is 11.9. The molecule has 120 valence electrons. The van der Waals surface area contributed by atoms with Crippen LogP contribution in [-0.2, 0) is 17.8 Å². The molecule has 0 aliphatic carbocycles. The predicted octanol–water partition coefficient (Wildman–Crippen LogP) is 3.38. The minimum absolute atomic E-state index is 0.152. The third-order valence-corrected chi connectivity index (χ3v) is 4.21. The van der Waals surface area contributed by atoms with Gasteiger partial charge in [-0.25, -0.2) is 4.79 Å². The van der Waals surface area contributed by atoms with Crippen LogP contribution in [0.5, 0.6) is 11.5 Å². The van der Waals surface area contributed by atoms with Crippen LogP contribution in [0.2, 0.25) is 0 Å². The van der Waals surface area contributed by atoms with Crippen molar-refractivity contribution in [3.05, 3.63) is 58.1 Å². The molecule has 6 heteroatoms. The van der Waals surface area contributed by atoms with E-state index in [1.807, 2.05) is 30.3 Å². The fourth-order valence-electron chi connectivity index (χ4n) is 2.42. The summed E-state index contributed by atoms with van der Waals surface area (Å²) in [7, 11) is 0. The fraction of sp³-hybridized carbons (Fsp3) is 0.235. The number of hydrogen-bond acceptors (Lipinski definition) is 4. The topological polar surface area (TPSA) is 67.8 Å². The number of aromatic hydroxyl groups is 1. The summed E-state index contributed by atoms with van der Waals surface area (Å²) >= 11 is 3.25. The first-order valence-corrected chi connectivity index (χ1v) is 8.02. The van der Waals surface area contributed by atoms with Crippen LogP contribution in [0.25, 0.3) is 0 Å². The monoisotopic (exact) mass is 377 g/mol. The lowest BCUT2D eigenvalue weighted by atomic mass is 10.0. The van der Waals surface area contributed by atoms with Crippen molar-refractivity contribution in [1.29, 1.82) is 0 Å². The lowest BCUT2D eigenvalue weighted by molar-refractivity contribution is 0.128. The van der Waals surface area contributed by atoms with E-state index in [4.69, 9.17) is 9.47 Å². The zero-order valence-electron chi connectivity index (χ0n) is 12.3. The number of halogens is 1. The summed E-state index contributed by atoms with van der Waals surface area (Å²) in [6, 6.07) is 12.7. The number of rotatable bonds is 3. The molecule has 1 unspecified atom stereocenters. The van der Waals surface area contributed by atoms with E-state index in [2.05, 4.69) is 21.2 Å². The number of nitrogens with one attached hydrogen (secondary N) is 1. The average Bonchev–Trinajstić information content (AvgIpc) is 2.55. The van der Waals surface area contributed by atoms with Crippen LogP contribution in [0, 0.1) is 0 Å². The first-order valence-electron chi connectivity index (χ1n) is 7.23. The molecule has 2 aromatic carbocycles. The standard InChI is InChI=1S/C17H16BrNO4/c18-14-8-16-12(7-15(14)20)6-13(10-22-16)19-17(21)23-9-11-4-2-1-3-5-11/h1-5,7-8,13,20H,6,9-10H2,(H,19,21). The van der Waals surface area contributed by atoms with Crippen LogP contribution >= 0.6 is 15.9 Å². The van der Waals surface area contributed by atoms with Crippen LogP contribution < -0.4 is 10.1 Å². The van der Waals surface area contributed by atoms with E-state index in [9.17, 15) is 9.90 Å². The molecule has 0 aromatic heterocycles. The minimum atomic E-state index is -0.479. The minimum Gasteiger partial charge on any atom is -0.507 e. The fourth-order valence-corrected chi connectivity index (χ4v) is 2.74. The third kappa shape index (κ3) is 3.96. The number of amides is 1. The zero-order valence-corrected chi connectivity index (χ0v) is 13.9. The number of phenolic OH excluding ortho intramolecular Hbond substituents is 1. The molecule has 1 heterocycles. The summed E-state index contributed by atoms with van der Waals surface area (Å²) in [4.78, 5) is 11.9. The smallest absolute Gasteiger partial charge is 0.407 e. The first-order chi connectivity index (χ1) is 11.1. The Labute approximate surface area is 142 Å². The van der Waals surface area contributed by atoms with Gasteiger partial charge in [0.2, 0.25) is 0 Å². The second-order valence-electron chi connectivity index (χ2n) is 5.33. The van der Waals surface area contributed by atoms with E-state index in [1.54, 1.807) is 12.1 Å². The van der Waals surface area contributed by atoms with Gasteiger partial charge in [0.15, 0.2) is 0 Å². The molecular weight excluding hydrogens is 362 g/mol. The number of fused-ring (bicyclic) bond motifs is 1. The SMILES string of the molecule is O=C(NC1COc2cc(Br)c(O)cc2C1)OCc1ccccc1. The van der Waals surface area contributed by atoms with Crippen molar-refractivity contribution in [2.75, 3.05) is 6.61 Å². The number of hydrogen-bond donors (Lipinski definition) is 2. The average molecular weight is 378 g/mol. The van der Waals surface area contributed by atoms with Gasteiger partial charge in [0.25, 0.3) is 0 Å². The maximum absolute atomic E-state index is 11.9. The summed E-state index contributed by atoms with van der Waals surface area (Å²) in [6.45, 7) is 0.592. The number of phenols is 1. The largest absolute Gasteiger partial charge is 0.507 e. The molecule has 1 aliphatic rings. The summed E-state index contributed by atoms with van der Waals surface area (Å²) in [6.07, 6.45) is 0.101. The Morgan fingerprint density at radius 1 is 1.35 bits per heavy atom. The molecule has 23 heavy (non-hydrogen) atoms. The molecule has 0 fully saturated rings. The zero-order chi connectivity index (χ0) is 16.2. The van der Waals surface area contributed by atoms with Gasteiger partial charge >= 0.3 is 6.09 Å². The maximum Gasteiger partial charge on any atom is 0.407 e. The third-order valence-electron chi connectivity index (χ3n) is 3.57. The Morgan fingerprint density at radius 3 is 2.91 bits per heavy atom. The predicted molar refractivity (Wildman–Crippen MR) is 88.6 cm³/mol. The Bertz CT molecular complexity index is 705. The van der Waals surface area contributed by atoms with Crippen molar-refractivity contribution in [2.45, 2.75) is 19.1 Å². The van der Waals surface area contributed by atoms with Gasteiger partial charge in [0.1, 0.15) is 24.7 Å². The van der Waals surface area contributed by atoms with E-state index >= 15 is 0 Å². The summed E-state index contributed by atoms with van der Waals surface area (Å²) in [5, 5.41) is 12.5. The van der Waals surface area contributed by atoms with Crippen LogP contribution in [-0.4, -0.2) is 23.8 Å². The lowest BCUT2D eigenvalue weighted by Gasteiger charge is -2.26. The van der Waals surface area contributed by atoms with E-state index in [-0.39, 0.29) is 18.4 Å². The molecule has 0 bridgehead atoms. The van der Waals surface area contributed by atoms with Gasteiger partial charge in [0.05, 0.1) is 10.5 Å². The van der Waals surface area contributed by atoms with Crippen molar-refractivity contribution in [3.63, 3.8) is 0 Å². The van der Waals surface area contributed by atoms with Gasteiger partial charge in [0, 0.05) is 5.56 Å². The van der Waals surface area contributed by atoms with E-state index in [0.717, 1.165) is 11.1 Å². The molecule has 0 spiro atoms. The normalized spacial score (nSPS) is 16.1. The van der Waals surface area contributed by atoms with Gasteiger partial charge in [-0.2, -0.15) is 0 Å². The summed E-state index contributed by atoms with van der Waals surface area (Å²) in [5.41, 5.74) is 1.79. The number of carbonyl (C=O) groups excluding carboxylic acids is 1. The molecular formula is C17H16BrNO4. The Balaban J connectivity index is 1.55. The number of carbonyl (C=O) groups is 1. The Kier molecular flexibility index (Phi) is 4.71. The van der Waals surface area contributed by atoms with Gasteiger partial charge in [-0.05, 0) is 40.0 Å². The van der Waals surface area contributed by atoms with Crippen molar-refractivity contribution in [2.24, 2.45) is 0 Å². The van der Waals surface area contributed by atoms with Crippen LogP contribution in [0.4, 0.5) is 4.79 Å². The Morgan fingerprint density at radius 2 is 2.13 bits per heavy atom. The van der Waals surface area contributed by atoms with Crippen molar-refractivity contribution < 1.29 is 19.4 Å². The molecule has 0 saturated carbocycles. The van der Waals surface area contributed by atoms with E-state index < -0.39 is 6.09 Å². The highest BCUT2D eigenvalue weighted by Gasteiger charge is 2.23. The highest BCUT2D eigenvalue weighted by Crippen LogP contribution is 2.34. The Hall–Kier alpha value is -2.21. The van der Waals surface area contributed by atoms with Gasteiger partial charge in [-0.3, -0.25) is 0 Å². The molecule has 1 aliphatic heterocycles. The second-order valence-corrected chi connectivity index (χ2v) is 6.18. The molecule has 5 nitrogen and oxygen atoms in total. The summed E-state index contributed by atoms with van der Waals surface area (Å²) < 4.78 is 11.4. The number of ether oxygens (including phenoxy) is 2. The molecule has 3 rings (SSSR count). The summed E-state index contributed by atoms with van der Waals surface area (Å²) in [5.74, 6) is 0.866. The number of benzene rings is 2. The highest BCUT2D eigenvalue weighted by molar-refractivity contribution is 9.10. The van der Waals surface area contributed by atoms with Gasteiger partial charge < -0.3 is 19.9 Å². The molecule has 2 N–H and O–H groups in total. The van der Waals surface area contributed by atoms with Crippen molar-refractivity contribution in [3.8, 4) is 11.5 Å². The molecule has 0 saturated heterocycles. The highest BCUT2D eigenvalue weighted by atomic mass is 79.9. The molecule has 2 aromatic rings. The van der Waals surface area contributed by atoms with E-state index in [0.29, 0.717) is 23.2 Å².